The monoisotopic (exact) mass is 459 g/mol. The molecule has 0 aliphatic rings. The zero-order chi connectivity index (χ0) is 22.3. The molecule has 0 saturated heterocycles. The SMILES string of the molecule is COc1ccc(-c2csc(NC(=S)NC(=O)C(c3ccccc3)c3ccccc3)n2)cc1. The highest BCUT2D eigenvalue weighted by atomic mass is 32.1. The number of thiocarbonyl (C=S) groups is 1. The van der Waals surface area contributed by atoms with Gasteiger partial charge in [-0.2, -0.15) is 0 Å². The molecule has 1 aromatic heterocycles. The largest absolute Gasteiger partial charge is 0.497 e. The van der Waals surface area contributed by atoms with E-state index in [0.29, 0.717) is 5.13 Å². The van der Waals surface area contributed by atoms with Crippen LogP contribution in [0.4, 0.5) is 5.13 Å². The van der Waals surface area contributed by atoms with E-state index in [9.17, 15) is 4.79 Å². The molecule has 0 aliphatic carbocycles. The van der Waals surface area contributed by atoms with Crippen molar-refractivity contribution in [3.8, 4) is 17.0 Å². The number of aromatic nitrogens is 1. The molecule has 4 rings (SSSR count). The van der Waals surface area contributed by atoms with Crippen molar-refractivity contribution in [1.29, 1.82) is 0 Å². The summed E-state index contributed by atoms with van der Waals surface area (Å²) in [6.45, 7) is 0. The first kappa shape index (κ1) is 21.7. The van der Waals surface area contributed by atoms with Crippen LogP contribution in [0.1, 0.15) is 17.0 Å². The highest BCUT2D eigenvalue weighted by molar-refractivity contribution is 7.80. The topological polar surface area (TPSA) is 63.2 Å². The zero-order valence-corrected chi connectivity index (χ0v) is 19.0. The Kier molecular flexibility index (Phi) is 6.89. The molecule has 0 bridgehead atoms. The van der Waals surface area contributed by atoms with Crippen LogP contribution in [0.3, 0.4) is 0 Å². The molecule has 5 nitrogen and oxygen atoms in total. The Bertz CT molecular complexity index is 1150. The normalized spacial score (nSPS) is 10.6. The van der Waals surface area contributed by atoms with Crippen molar-refractivity contribution >= 4 is 39.7 Å². The molecular formula is C25H21N3O2S2. The van der Waals surface area contributed by atoms with Gasteiger partial charge in [-0.15, -0.1) is 11.3 Å². The molecule has 0 atom stereocenters. The Hall–Kier alpha value is -3.55. The molecule has 0 aliphatic heterocycles. The molecule has 2 N–H and O–H groups in total. The standard InChI is InChI=1S/C25H21N3O2S2/c1-30-20-14-12-17(13-15-20)21-16-32-25(26-21)28-24(31)27-23(29)22(18-8-4-2-5-9-18)19-10-6-3-7-11-19/h2-16,22H,1H3,(H2,26,27,28,29,31). The first-order chi connectivity index (χ1) is 15.6. The first-order valence-corrected chi connectivity index (χ1v) is 11.2. The number of nitrogens with one attached hydrogen (secondary N) is 2. The average Bonchev–Trinajstić information content (AvgIpc) is 3.29. The van der Waals surface area contributed by atoms with Crippen LogP contribution < -0.4 is 15.4 Å². The van der Waals surface area contributed by atoms with E-state index in [-0.39, 0.29) is 11.0 Å². The van der Waals surface area contributed by atoms with Crippen molar-refractivity contribution in [3.63, 3.8) is 0 Å². The Morgan fingerprint density at radius 2 is 1.53 bits per heavy atom. The van der Waals surface area contributed by atoms with Crippen molar-refractivity contribution in [1.82, 2.24) is 10.3 Å². The third-order valence-corrected chi connectivity index (χ3v) is 5.84. The fourth-order valence-electron chi connectivity index (χ4n) is 3.32. The lowest BCUT2D eigenvalue weighted by atomic mass is 9.90. The van der Waals surface area contributed by atoms with Crippen LogP contribution in [0, 0.1) is 0 Å². The van der Waals surface area contributed by atoms with Crippen LogP contribution in [0.15, 0.2) is 90.3 Å². The van der Waals surface area contributed by atoms with Crippen LogP contribution in [0.5, 0.6) is 5.75 Å². The minimum Gasteiger partial charge on any atom is -0.497 e. The molecule has 0 radical (unpaired) electrons. The maximum Gasteiger partial charge on any atom is 0.238 e. The minimum atomic E-state index is -0.469. The van der Waals surface area contributed by atoms with E-state index in [1.54, 1.807) is 7.11 Å². The molecule has 0 spiro atoms. The number of carbonyl (C=O) groups excluding carboxylic acids is 1. The van der Waals surface area contributed by atoms with E-state index >= 15 is 0 Å². The number of hydrogen-bond donors (Lipinski definition) is 2. The number of hydrogen-bond acceptors (Lipinski definition) is 5. The third-order valence-electron chi connectivity index (χ3n) is 4.88. The Labute approximate surface area is 196 Å². The molecule has 1 amide bonds. The molecule has 160 valence electrons. The number of carbonyl (C=O) groups is 1. The summed E-state index contributed by atoms with van der Waals surface area (Å²) in [6, 6.07) is 27.0. The van der Waals surface area contributed by atoms with Crippen LogP contribution in [0.2, 0.25) is 0 Å². The van der Waals surface area contributed by atoms with Gasteiger partial charge in [-0.05, 0) is 47.6 Å². The van der Waals surface area contributed by atoms with Gasteiger partial charge < -0.3 is 15.4 Å². The number of ether oxygens (including phenoxy) is 1. The maximum absolute atomic E-state index is 13.2. The number of nitrogens with zero attached hydrogens (tertiary/aromatic N) is 1. The molecular weight excluding hydrogens is 438 g/mol. The van der Waals surface area contributed by atoms with E-state index in [1.807, 2.05) is 90.3 Å². The highest BCUT2D eigenvalue weighted by Gasteiger charge is 2.23. The fourth-order valence-corrected chi connectivity index (χ4v) is 4.31. The van der Waals surface area contributed by atoms with Crippen LogP contribution in [-0.2, 0) is 4.79 Å². The Morgan fingerprint density at radius 3 is 2.09 bits per heavy atom. The molecule has 7 heteroatoms. The van der Waals surface area contributed by atoms with Crippen LogP contribution in [0.25, 0.3) is 11.3 Å². The summed E-state index contributed by atoms with van der Waals surface area (Å²) in [5.74, 6) is 0.118. The van der Waals surface area contributed by atoms with Crippen LogP contribution >= 0.6 is 23.6 Å². The zero-order valence-electron chi connectivity index (χ0n) is 17.3. The van der Waals surface area contributed by atoms with Gasteiger partial charge in [0.15, 0.2) is 10.2 Å². The summed E-state index contributed by atoms with van der Waals surface area (Å²) >= 11 is 6.82. The Morgan fingerprint density at radius 1 is 0.938 bits per heavy atom. The van der Waals surface area contributed by atoms with Gasteiger partial charge in [0, 0.05) is 10.9 Å². The summed E-state index contributed by atoms with van der Waals surface area (Å²) < 4.78 is 5.20. The van der Waals surface area contributed by atoms with Crippen molar-refractivity contribution in [3.05, 3.63) is 101 Å². The van der Waals surface area contributed by atoms with Gasteiger partial charge in [-0.3, -0.25) is 4.79 Å². The smallest absolute Gasteiger partial charge is 0.238 e. The van der Waals surface area contributed by atoms with Crippen molar-refractivity contribution in [2.75, 3.05) is 12.4 Å². The van der Waals surface area contributed by atoms with Crippen molar-refractivity contribution in [2.24, 2.45) is 0 Å². The van der Waals surface area contributed by atoms with Gasteiger partial charge in [0.2, 0.25) is 5.91 Å². The second-order valence-corrected chi connectivity index (χ2v) is 8.23. The first-order valence-electron chi connectivity index (χ1n) is 9.96. The number of rotatable bonds is 6. The van der Waals surface area contributed by atoms with Crippen molar-refractivity contribution < 1.29 is 9.53 Å². The lowest BCUT2D eigenvalue weighted by Gasteiger charge is -2.18. The third kappa shape index (κ3) is 5.19. The quantitative estimate of drug-likeness (QED) is 0.375. The highest BCUT2D eigenvalue weighted by Crippen LogP contribution is 2.27. The fraction of sp³-hybridized carbons (Fsp3) is 0.0800. The van der Waals surface area contributed by atoms with Gasteiger partial charge in [0.1, 0.15) is 5.75 Å². The number of amides is 1. The maximum atomic E-state index is 13.2. The van der Waals surface area contributed by atoms with Gasteiger partial charge in [-0.25, -0.2) is 4.98 Å². The predicted octanol–water partition coefficient (Wildman–Crippen LogP) is 5.46. The second-order valence-electron chi connectivity index (χ2n) is 6.96. The lowest BCUT2D eigenvalue weighted by molar-refractivity contribution is -0.120. The van der Waals surface area contributed by atoms with E-state index in [1.165, 1.54) is 11.3 Å². The summed E-state index contributed by atoms with van der Waals surface area (Å²) in [5, 5.41) is 8.60. The predicted molar refractivity (Wildman–Crippen MR) is 133 cm³/mol. The van der Waals surface area contributed by atoms with Gasteiger partial charge >= 0.3 is 0 Å². The number of thiazole rings is 1. The minimum absolute atomic E-state index is 0.202. The van der Waals surface area contributed by atoms with Crippen molar-refractivity contribution in [2.45, 2.75) is 5.92 Å². The van der Waals surface area contributed by atoms with E-state index in [2.05, 4.69) is 15.6 Å². The molecule has 0 saturated carbocycles. The van der Waals surface area contributed by atoms with E-state index < -0.39 is 5.92 Å². The lowest BCUT2D eigenvalue weighted by Crippen LogP contribution is -2.37. The summed E-state index contributed by atoms with van der Waals surface area (Å²) in [5.41, 5.74) is 3.59. The van der Waals surface area contributed by atoms with E-state index in [4.69, 9.17) is 17.0 Å². The van der Waals surface area contributed by atoms with Gasteiger partial charge in [0.05, 0.1) is 18.7 Å². The average molecular weight is 460 g/mol. The molecule has 32 heavy (non-hydrogen) atoms. The molecule has 3 aromatic carbocycles. The summed E-state index contributed by atoms with van der Waals surface area (Å²) in [7, 11) is 1.63. The van der Waals surface area contributed by atoms with Crippen LogP contribution in [-0.4, -0.2) is 23.1 Å². The molecule has 0 fully saturated rings. The number of methoxy groups -OCH3 is 1. The Balaban J connectivity index is 1.46. The van der Waals surface area contributed by atoms with Gasteiger partial charge in [0.25, 0.3) is 0 Å². The van der Waals surface area contributed by atoms with Gasteiger partial charge in [-0.1, -0.05) is 60.7 Å². The van der Waals surface area contributed by atoms with E-state index in [0.717, 1.165) is 28.1 Å². The molecule has 1 heterocycles. The molecule has 0 unspecified atom stereocenters. The summed E-state index contributed by atoms with van der Waals surface area (Å²) in [6.07, 6.45) is 0. The second kappa shape index (κ2) is 10.2. The number of benzene rings is 3. The number of anilines is 1. The molecule has 4 aromatic rings. The summed E-state index contributed by atoms with van der Waals surface area (Å²) in [4.78, 5) is 17.7.